The molecule has 0 saturated carbocycles. The highest BCUT2D eigenvalue weighted by molar-refractivity contribution is 6.30. The number of rotatable bonds is 3. The van der Waals surface area contributed by atoms with E-state index in [4.69, 9.17) is 11.6 Å². The zero-order chi connectivity index (χ0) is 20.6. The molecule has 1 unspecified atom stereocenters. The fourth-order valence-electron chi connectivity index (χ4n) is 3.42. The Morgan fingerprint density at radius 2 is 1.86 bits per heavy atom. The Balaban J connectivity index is 1.82. The van der Waals surface area contributed by atoms with Crippen molar-refractivity contribution in [2.45, 2.75) is 45.8 Å². The van der Waals surface area contributed by atoms with Crippen molar-refractivity contribution in [1.82, 2.24) is 4.90 Å². The summed E-state index contributed by atoms with van der Waals surface area (Å²) in [7, 11) is 0. The fraction of sp³-hybridized carbons (Fsp3) is 0.364. The molecule has 1 aliphatic rings. The summed E-state index contributed by atoms with van der Waals surface area (Å²) in [6.07, 6.45) is -0.509. The van der Waals surface area contributed by atoms with Gasteiger partial charge in [0.15, 0.2) is 0 Å². The first kappa shape index (κ1) is 20.5. The third kappa shape index (κ3) is 4.10. The molecule has 3 rings (SSSR count). The van der Waals surface area contributed by atoms with Gasteiger partial charge in [-0.05, 0) is 35.7 Å². The van der Waals surface area contributed by atoms with Crippen LogP contribution in [0, 0.1) is 11.2 Å². The summed E-state index contributed by atoms with van der Waals surface area (Å²) in [5, 5.41) is 10.4. The summed E-state index contributed by atoms with van der Waals surface area (Å²) >= 11 is 5.96. The third-order valence-electron chi connectivity index (χ3n) is 4.91. The first-order valence-electron chi connectivity index (χ1n) is 9.18. The van der Waals surface area contributed by atoms with Gasteiger partial charge >= 0.3 is 0 Å². The maximum atomic E-state index is 14.1. The predicted molar refractivity (Wildman–Crippen MR) is 106 cm³/mol. The SMILES string of the molecule is CC(C)(C)C(=O)N1C(=O)C(O)C[C@H]1Cc1ccc(-c2cc(Cl)ccc2F)cc1. The summed E-state index contributed by atoms with van der Waals surface area (Å²) in [4.78, 5) is 26.2. The number of amides is 2. The molecule has 1 saturated heterocycles. The summed E-state index contributed by atoms with van der Waals surface area (Å²) in [5.41, 5.74) is 1.28. The average molecular weight is 404 g/mol. The Labute approximate surface area is 168 Å². The molecule has 28 heavy (non-hydrogen) atoms. The van der Waals surface area contributed by atoms with E-state index in [0.29, 0.717) is 22.6 Å². The van der Waals surface area contributed by atoms with Gasteiger partial charge in [0.05, 0.1) is 0 Å². The summed E-state index contributed by atoms with van der Waals surface area (Å²) in [5.74, 6) is -1.19. The lowest BCUT2D eigenvalue weighted by atomic mass is 9.93. The number of carbonyl (C=O) groups excluding carboxylic acids is 2. The van der Waals surface area contributed by atoms with Crippen LogP contribution in [0.3, 0.4) is 0 Å². The van der Waals surface area contributed by atoms with Crippen LogP contribution in [-0.4, -0.2) is 34.0 Å². The maximum absolute atomic E-state index is 14.1. The van der Waals surface area contributed by atoms with Crippen molar-refractivity contribution in [2.75, 3.05) is 0 Å². The molecule has 0 bridgehead atoms. The van der Waals surface area contributed by atoms with Gasteiger partial charge in [-0.25, -0.2) is 4.39 Å². The van der Waals surface area contributed by atoms with Crippen LogP contribution in [0.2, 0.25) is 5.02 Å². The third-order valence-corrected chi connectivity index (χ3v) is 5.14. The largest absolute Gasteiger partial charge is 0.383 e. The van der Waals surface area contributed by atoms with Crippen LogP contribution in [0.25, 0.3) is 11.1 Å². The molecule has 2 amide bonds. The summed E-state index contributed by atoms with van der Waals surface area (Å²) < 4.78 is 14.1. The molecule has 1 heterocycles. The van der Waals surface area contributed by atoms with E-state index in [1.807, 2.05) is 12.1 Å². The van der Waals surface area contributed by atoms with Crippen molar-refractivity contribution in [2.24, 2.45) is 5.41 Å². The molecule has 1 fully saturated rings. The second-order valence-electron chi connectivity index (χ2n) is 8.19. The number of benzene rings is 2. The molecule has 1 N–H and O–H groups in total. The van der Waals surface area contributed by atoms with Crippen LogP contribution >= 0.6 is 11.6 Å². The summed E-state index contributed by atoms with van der Waals surface area (Å²) in [6, 6.07) is 11.2. The van der Waals surface area contributed by atoms with E-state index in [1.165, 1.54) is 17.0 Å². The van der Waals surface area contributed by atoms with Crippen LogP contribution in [0.4, 0.5) is 4.39 Å². The number of hydrogen-bond donors (Lipinski definition) is 1. The molecular formula is C22H23ClFNO3. The van der Waals surface area contributed by atoms with Crippen LogP contribution in [0.15, 0.2) is 42.5 Å². The summed E-state index contributed by atoms with van der Waals surface area (Å²) in [6.45, 7) is 5.25. The highest BCUT2D eigenvalue weighted by atomic mass is 35.5. The van der Waals surface area contributed by atoms with E-state index in [-0.39, 0.29) is 18.1 Å². The number of likely N-dealkylation sites (tertiary alicyclic amines) is 1. The Kier molecular flexibility index (Phi) is 5.60. The number of carbonyl (C=O) groups is 2. The normalized spacial score (nSPS) is 19.9. The van der Waals surface area contributed by atoms with Crippen LogP contribution in [0.1, 0.15) is 32.8 Å². The number of halogens is 2. The number of aliphatic hydroxyl groups excluding tert-OH is 1. The number of hydrogen-bond acceptors (Lipinski definition) is 3. The van der Waals surface area contributed by atoms with E-state index in [9.17, 15) is 19.1 Å². The van der Waals surface area contributed by atoms with Gasteiger partial charge in [0, 0.05) is 28.5 Å². The first-order chi connectivity index (χ1) is 13.1. The van der Waals surface area contributed by atoms with E-state index in [1.54, 1.807) is 39.0 Å². The molecule has 2 aromatic rings. The highest BCUT2D eigenvalue weighted by Gasteiger charge is 2.45. The minimum atomic E-state index is -1.16. The molecule has 2 aromatic carbocycles. The first-order valence-corrected chi connectivity index (χ1v) is 9.55. The highest BCUT2D eigenvalue weighted by Crippen LogP contribution is 2.30. The minimum Gasteiger partial charge on any atom is -0.383 e. The van der Waals surface area contributed by atoms with Crippen molar-refractivity contribution in [3.63, 3.8) is 0 Å². The quantitative estimate of drug-likeness (QED) is 0.834. The fourth-order valence-corrected chi connectivity index (χ4v) is 3.59. The Morgan fingerprint density at radius 3 is 2.46 bits per heavy atom. The molecule has 0 radical (unpaired) electrons. The van der Waals surface area contributed by atoms with Crippen molar-refractivity contribution >= 4 is 23.4 Å². The Bertz CT molecular complexity index is 905. The van der Waals surface area contributed by atoms with Gasteiger partial charge < -0.3 is 5.11 Å². The van der Waals surface area contributed by atoms with E-state index >= 15 is 0 Å². The van der Waals surface area contributed by atoms with Gasteiger partial charge in [-0.1, -0.05) is 56.6 Å². The van der Waals surface area contributed by atoms with Crippen LogP contribution < -0.4 is 0 Å². The topological polar surface area (TPSA) is 57.6 Å². The maximum Gasteiger partial charge on any atom is 0.258 e. The van der Waals surface area contributed by atoms with E-state index in [0.717, 1.165) is 5.56 Å². The zero-order valence-electron chi connectivity index (χ0n) is 16.1. The average Bonchev–Trinajstić information content (AvgIpc) is 2.90. The second kappa shape index (κ2) is 7.64. The molecule has 4 nitrogen and oxygen atoms in total. The molecule has 1 aliphatic heterocycles. The lowest BCUT2D eigenvalue weighted by molar-refractivity contribution is -0.151. The molecule has 6 heteroatoms. The van der Waals surface area contributed by atoms with Crippen molar-refractivity contribution in [1.29, 1.82) is 0 Å². The molecule has 0 aliphatic carbocycles. The van der Waals surface area contributed by atoms with Gasteiger partial charge in [0.25, 0.3) is 5.91 Å². The van der Waals surface area contributed by atoms with Gasteiger partial charge in [-0.3, -0.25) is 14.5 Å². The Hall–Kier alpha value is -2.24. The number of nitrogens with zero attached hydrogens (tertiary/aromatic N) is 1. The van der Waals surface area contributed by atoms with Crippen molar-refractivity contribution < 1.29 is 19.1 Å². The lowest BCUT2D eigenvalue weighted by Crippen LogP contribution is -2.46. The van der Waals surface area contributed by atoms with Gasteiger partial charge in [-0.2, -0.15) is 0 Å². The monoisotopic (exact) mass is 403 g/mol. The van der Waals surface area contributed by atoms with E-state index < -0.39 is 23.5 Å². The molecular weight excluding hydrogens is 381 g/mol. The smallest absolute Gasteiger partial charge is 0.258 e. The lowest BCUT2D eigenvalue weighted by Gasteiger charge is -2.29. The second-order valence-corrected chi connectivity index (χ2v) is 8.63. The van der Waals surface area contributed by atoms with E-state index in [2.05, 4.69) is 0 Å². The van der Waals surface area contributed by atoms with Crippen LogP contribution in [-0.2, 0) is 16.0 Å². The molecule has 148 valence electrons. The predicted octanol–water partition coefficient (Wildman–Crippen LogP) is 4.22. The number of aliphatic hydroxyl groups is 1. The van der Waals surface area contributed by atoms with Gasteiger partial charge in [-0.15, -0.1) is 0 Å². The van der Waals surface area contributed by atoms with Crippen molar-refractivity contribution in [3.8, 4) is 11.1 Å². The van der Waals surface area contributed by atoms with Crippen LogP contribution in [0.5, 0.6) is 0 Å². The Morgan fingerprint density at radius 1 is 1.21 bits per heavy atom. The number of imide groups is 1. The molecule has 2 atom stereocenters. The van der Waals surface area contributed by atoms with Gasteiger partial charge in [0.2, 0.25) is 5.91 Å². The molecule has 0 aromatic heterocycles. The zero-order valence-corrected chi connectivity index (χ0v) is 16.8. The van der Waals surface area contributed by atoms with Crippen molar-refractivity contribution in [3.05, 3.63) is 58.9 Å². The van der Waals surface area contributed by atoms with Gasteiger partial charge in [0.1, 0.15) is 11.9 Å². The molecule has 0 spiro atoms. The standard InChI is InChI=1S/C22H23ClFNO3/c1-22(2,3)21(28)25-16(12-19(26)20(25)27)10-13-4-6-14(7-5-13)17-11-15(23)8-9-18(17)24/h4-9,11,16,19,26H,10,12H2,1-3H3/t16-,19?/m1/s1. The minimum absolute atomic E-state index is 0.214.